The van der Waals surface area contributed by atoms with Crippen molar-refractivity contribution in [2.24, 2.45) is 5.73 Å². The maximum absolute atomic E-state index is 5.59. The lowest BCUT2D eigenvalue weighted by atomic mass is 9.75. The number of rotatable bonds is 7. The third-order valence-corrected chi connectivity index (χ3v) is 4.71. The topological polar surface area (TPSA) is 32.5 Å². The highest BCUT2D eigenvalue weighted by molar-refractivity contribution is 5.22. The minimum absolute atomic E-state index is 0.411. The van der Waals surface area contributed by atoms with Gasteiger partial charge in [-0.1, -0.05) is 24.3 Å². The Morgan fingerprint density at radius 3 is 2.10 bits per heavy atom. The van der Waals surface area contributed by atoms with E-state index in [-0.39, 0.29) is 0 Å². The molecule has 1 aliphatic carbocycles. The Morgan fingerprint density at radius 2 is 1.65 bits per heavy atom. The van der Waals surface area contributed by atoms with E-state index in [0.717, 1.165) is 26.1 Å². The lowest BCUT2D eigenvalue weighted by molar-refractivity contribution is 0.0259. The second kappa shape index (κ2) is 6.70. The van der Waals surface area contributed by atoms with E-state index in [2.05, 4.69) is 55.2 Å². The summed E-state index contributed by atoms with van der Waals surface area (Å²) in [6.07, 6.45) is 5.01. The van der Waals surface area contributed by atoms with Crippen LogP contribution in [0.2, 0.25) is 0 Å². The van der Waals surface area contributed by atoms with Gasteiger partial charge in [-0.2, -0.15) is 0 Å². The molecule has 1 aromatic carbocycles. The standard InChI is InChI=1S/C17H29N3/c1-19(2)17(10-4-11-17)14-20(3)13-16-7-5-15(6-8-16)9-12-18/h5-8H,4,9-14,18H2,1-3H3. The fourth-order valence-electron chi connectivity index (χ4n) is 3.18. The molecule has 1 aromatic rings. The second-order valence-corrected chi connectivity index (χ2v) is 6.50. The molecule has 0 aromatic heterocycles. The van der Waals surface area contributed by atoms with E-state index < -0.39 is 0 Å². The van der Waals surface area contributed by atoms with Gasteiger partial charge < -0.3 is 15.5 Å². The predicted octanol–water partition coefficient (Wildman–Crippen LogP) is 2.10. The van der Waals surface area contributed by atoms with E-state index in [0.29, 0.717) is 5.54 Å². The Balaban J connectivity index is 1.89. The van der Waals surface area contributed by atoms with Gasteiger partial charge in [0.05, 0.1) is 0 Å². The van der Waals surface area contributed by atoms with Gasteiger partial charge in [-0.25, -0.2) is 0 Å². The van der Waals surface area contributed by atoms with Crippen molar-refractivity contribution >= 4 is 0 Å². The van der Waals surface area contributed by atoms with Crippen LogP contribution < -0.4 is 5.73 Å². The molecule has 2 rings (SSSR count). The number of nitrogens with zero attached hydrogens (tertiary/aromatic N) is 2. The summed E-state index contributed by atoms with van der Waals surface area (Å²) in [5, 5.41) is 0. The van der Waals surface area contributed by atoms with E-state index in [1.165, 1.54) is 30.4 Å². The van der Waals surface area contributed by atoms with Crippen LogP contribution in [-0.4, -0.2) is 49.6 Å². The van der Waals surface area contributed by atoms with Crippen molar-refractivity contribution in [1.29, 1.82) is 0 Å². The van der Waals surface area contributed by atoms with Gasteiger partial charge in [-0.3, -0.25) is 0 Å². The normalized spacial score (nSPS) is 17.5. The van der Waals surface area contributed by atoms with Crippen LogP contribution in [-0.2, 0) is 13.0 Å². The minimum atomic E-state index is 0.411. The molecule has 3 heteroatoms. The number of likely N-dealkylation sites (N-methyl/N-ethyl adjacent to an activating group) is 2. The summed E-state index contributed by atoms with van der Waals surface area (Å²) in [6, 6.07) is 8.90. The zero-order chi connectivity index (χ0) is 14.6. The molecule has 2 N–H and O–H groups in total. The molecule has 0 radical (unpaired) electrons. The zero-order valence-corrected chi connectivity index (χ0v) is 13.2. The molecule has 1 fully saturated rings. The van der Waals surface area contributed by atoms with Gasteiger partial charge in [0.1, 0.15) is 0 Å². The summed E-state index contributed by atoms with van der Waals surface area (Å²) in [4.78, 5) is 4.87. The molecule has 0 bridgehead atoms. The molecule has 0 unspecified atom stereocenters. The van der Waals surface area contributed by atoms with Crippen LogP contribution >= 0.6 is 0 Å². The Labute approximate surface area is 123 Å². The first kappa shape index (κ1) is 15.5. The van der Waals surface area contributed by atoms with E-state index in [1.807, 2.05) is 0 Å². The summed E-state index contributed by atoms with van der Waals surface area (Å²) in [7, 11) is 6.67. The average Bonchev–Trinajstić information content (AvgIpc) is 2.36. The van der Waals surface area contributed by atoms with Crippen LogP contribution in [0.3, 0.4) is 0 Å². The fraction of sp³-hybridized carbons (Fsp3) is 0.647. The summed E-state index contributed by atoms with van der Waals surface area (Å²) in [5.74, 6) is 0. The number of benzene rings is 1. The zero-order valence-electron chi connectivity index (χ0n) is 13.2. The monoisotopic (exact) mass is 275 g/mol. The Kier molecular flexibility index (Phi) is 5.19. The summed E-state index contributed by atoms with van der Waals surface area (Å²) < 4.78 is 0. The molecule has 1 aliphatic rings. The van der Waals surface area contributed by atoms with Gasteiger partial charge in [0.2, 0.25) is 0 Å². The Hall–Kier alpha value is -0.900. The molecule has 0 aliphatic heterocycles. The summed E-state index contributed by atoms with van der Waals surface area (Å²) in [5.41, 5.74) is 8.72. The van der Waals surface area contributed by atoms with Crippen molar-refractivity contribution < 1.29 is 0 Å². The van der Waals surface area contributed by atoms with E-state index >= 15 is 0 Å². The second-order valence-electron chi connectivity index (χ2n) is 6.50. The first-order valence-electron chi connectivity index (χ1n) is 7.70. The highest BCUT2D eigenvalue weighted by Gasteiger charge is 2.39. The van der Waals surface area contributed by atoms with Crippen molar-refractivity contribution in [2.75, 3.05) is 34.2 Å². The lowest BCUT2D eigenvalue weighted by Gasteiger charge is -2.49. The quantitative estimate of drug-likeness (QED) is 0.827. The molecule has 0 saturated heterocycles. The summed E-state index contributed by atoms with van der Waals surface area (Å²) >= 11 is 0. The van der Waals surface area contributed by atoms with Gasteiger partial charge in [0, 0.05) is 18.6 Å². The fourth-order valence-corrected chi connectivity index (χ4v) is 3.18. The van der Waals surface area contributed by atoms with E-state index in [4.69, 9.17) is 5.73 Å². The van der Waals surface area contributed by atoms with Gasteiger partial charge in [0.15, 0.2) is 0 Å². The van der Waals surface area contributed by atoms with Crippen molar-refractivity contribution in [1.82, 2.24) is 9.80 Å². The van der Waals surface area contributed by atoms with Gasteiger partial charge in [0.25, 0.3) is 0 Å². The molecule has 0 heterocycles. The van der Waals surface area contributed by atoms with Crippen molar-refractivity contribution in [3.8, 4) is 0 Å². The highest BCUT2D eigenvalue weighted by Crippen LogP contribution is 2.36. The first-order valence-corrected chi connectivity index (χ1v) is 7.70. The van der Waals surface area contributed by atoms with Crippen LogP contribution in [0.25, 0.3) is 0 Å². The van der Waals surface area contributed by atoms with Crippen molar-refractivity contribution in [3.05, 3.63) is 35.4 Å². The molecule has 3 nitrogen and oxygen atoms in total. The van der Waals surface area contributed by atoms with E-state index in [9.17, 15) is 0 Å². The van der Waals surface area contributed by atoms with Crippen LogP contribution in [0.5, 0.6) is 0 Å². The molecule has 0 amide bonds. The Morgan fingerprint density at radius 1 is 1.05 bits per heavy atom. The molecule has 20 heavy (non-hydrogen) atoms. The van der Waals surface area contributed by atoms with Gasteiger partial charge in [-0.05, 0) is 64.5 Å². The molecule has 1 saturated carbocycles. The molecule has 112 valence electrons. The van der Waals surface area contributed by atoms with Crippen LogP contribution in [0, 0.1) is 0 Å². The minimum Gasteiger partial charge on any atom is -0.330 e. The van der Waals surface area contributed by atoms with Crippen molar-refractivity contribution in [3.63, 3.8) is 0 Å². The smallest absolute Gasteiger partial charge is 0.0330 e. The number of hydrogen-bond acceptors (Lipinski definition) is 3. The average molecular weight is 275 g/mol. The molecule has 0 atom stereocenters. The third-order valence-electron chi connectivity index (χ3n) is 4.71. The Bertz CT molecular complexity index is 407. The van der Waals surface area contributed by atoms with Gasteiger partial charge >= 0.3 is 0 Å². The maximum Gasteiger partial charge on any atom is 0.0330 e. The highest BCUT2D eigenvalue weighted by atomic mass is 15.2. The maximum atomic E-state index is 5.59. The van der Waals surface area contributed by atoms with Crippen LogP contribution in [0.15, 0.2) is 24.3 Å². The van der Waals surface area contributed by atoms with Crippen molar-refractivity contribution in [2.45, 2.75) is 37.8 Å². The molecular formula is C17H29N3. The lowest BCUT2D eigenvalue weighted by Crippen LogP contribution is -2.56. The molecular weight excluding hydrogens is 246 g/mol. The number of nitrogens with two attached hydrogens (primary N) is 1. The SMILES string of the molecule is CN(Cc1ccc(CCN)cc1)CC1(N(C)C)CCC1. The first-order chi connectivity index (χ1) is 9.55. The van der Waals surface area contributed by atoms with Gasteiger partial charge in [-0.15, -0.1) is 0 Å². The summed E-state index contributed by atoms with van der Waals surface area (Å²) in [6.45, 7) is 2.91. The molecule has 0 spiro atoms. The van der Waals surface area contributed by atoms with E-state index in [1.54, 1.807) is 0 Å². The number of hydrogen-bond donors (Lipinski definition) is 1. The largest absolute Gasteiger partial charge is 0.330 e. The van der Waals surface area contributed by atoms with Crippen LogP contribution in [0.4, 0.5) is 0 Å². The third kappa shape index (κ3) is 3.60. The predicted molar refractivity (Wildman–Crippen MR) is 85.8 cm³/mol. The van der Waals surface area contributed by atoms with Crippen LogP contribution in [0.1, 0.15) is 30.4 Å².